The average molecular weight is 211 g/mol. The summed E-state index contributed by atoms with van der Waals surface area (Å²) < 4.78 is 5.70. The van der Waals surface area contributed by atoms with Crippen molar-refractivity contribution >= 4 is 5.91 Å². The zero-order chi connectivity index (χ0) is 10.8. The van der Waals surface area contributed by atoms with Gasteiger partial charge in [-0.3, -0.25) is 15.1 Å². The molecule has 5 heteroatoms. The fourth-order valence-electron chi connectivity index (χ4n) is 2.27. The highest BCUT2D eigenvalue weighted by atomic mass is 16.5. The van der Waals surface area contributed by atoms with E-state index >= 15 is 0 Å². The Bertz CT molecular complexity index is 268. The first kappa shape index (κ1) is 10.6. The van der Waals surface area contributed by atoms with Gasteiger partial charge in [-0.15, -0.1) is 0 Å². The largest absolute Gasteiger partial charge is 0.372 e. The summed E-state index contributed by atoms with van der Waals surface area (Å²) in [5.74, 6) is 4.76. The Labute approximate surface area is 89.2 Å². The Morgan fingerprint density at radius 3 is 2.60 bits per heavy atom. The number of fused-ring (bicyclic) bond motifs is 2. The van der Waals surface area contributed by atoms with Crippen molar-refractivity contribution in [2.24, 2.45) is 5.84 Å². The van der Waals surface area contributed by atoms with Crippen molar-refractivity contribution in [1.82, 2.24) is 10.3 Å². The van der Waals surface area contributed by atoms with Crippen LogP contribution < -0.4 is 11.3 Å². The van der Waals surface area contributed by atoms with Crippen molar-refractivity contribution in [3.63, 3.8) is 0 Å². The van der Waals surface area contributed by atoms with E-state index in [0.717, 1.165) is 25.9 Å². The molecule has 0 radical (unpaired) electrons. The highest BCUT2D eigenvalue weighted by Crippen LogP contribution is 2.26. The number of rotatable bonds is 3. The van der Waals surface area contributed by atoms with Crippen molar-refractivity contribution in [3.05, 3.63) is 12.2 Å². The van der Waals surface area contributed by atoms with Gasteiger partial charge in [0.25, 0.3) is 5.91 Å². The molecule has 3 N–H and O–H groups in total. The minimum absolute atomic E-state index is 0.283. The molecular formula is C10H17N3O2. The van der Waals surface area contributed by atoms with E-state index in [4.69, 9.17) is 10.6 Å². The minimum atomic E-state index is -0.283. The van der Waals surface area contributed by atoms with E-state index < -0.39 is 0 Å². The molecule has 15 heavy (non-hydrogen) atoms. The molecule has 0 aliphatic carbocycles. The summed E-state index contributed by atoms with van der Waals surface area (Å²) in [6.45, 7) is 6.09. The average Bonchev–Trinajstić information content (AvgIpc) is 2.57. The second-order valence-electron chi connectivity index (χ2n) is 4.23. The van der Waals surface area contributed by atoms with E-state index in [0.29, 0.717) is 24.3 Å². The van der Waals surface area contributed by atoms with Crippen LogP contribution in [0, 0.1) is 0 Å². The van der Waals surface area contributed by atoms with E-state index in [9.17, 15) is 4.79 Å². The van der Waals surface area contributed by atoms with Crippen molar-refractivity contribution in [2.45, 2.75) is 25.0 Å². The highest BCUT2D eigenvalue weighted by molar-refractivity contribution is 5.92. The summed E-state index contributed by atoms with van der Waals surface area (Å²) in [4.78, 5) is 13.4. The maximum absolute atomic E-state index is 11.2. The number of amides is 1. The first-order valence-corrected chi connectivity index (χ1v) is 5.25. The van der Waals surface area contributed by atoms with Gasteiger partial charge in [0, 0.05) is 25.2 Å². The summed E-state index contributed by atoms with van der Waals surface area (Å²) >= 11 is 0. The molecule has 1 amide bonds. The van der Waals surface area contributed by atoms with Gasteiger partial charge in [0.05, 0.1) is 12.2 Å². The van der Waals surface area contributed by atoms with Crippen LogP contribution in [-0.2, 0) is 9.53 Å². The van der Waals surface area contributed by atoms with Gasteiger partial charge >= 0.3 is 0 Å². The number of hydrogen-bond donors (Lipinski definition) is 2. The molecule has 2 atom stereocenters. The van der Waals surface area contributed by atoms with E-state index in [1.807, 2.05) is 0 Å². The van der Waals surface area contributed by atoms with E-state index in [2.05, 4.69) is 16.9 Å². The van der Waals surface area contributed by atoms with Crippen LogP contribution in [0.15, 0.2) is 12.2 Å². The molecule has 2 heterocycles. The Kier molecular flexibility index (Phi) is 3.04. The van der Waals surface area contributed by atoms with Gasteiger partial charge in [0.15, 0.2) is 0 Å². The second-order valence-corrected chi connectivity index (χ2v) is 4.23. The van der Waals surface area contributed by atoms with E-state index in [1.165, 1.54) is 0 Å². The topological polar surface area (TPSA) is 67.6 Å². The van der Waals surface area contributed by atoms with Crippen molar-refractivity contribution in [3.8, 4) is 0 Å². The summed E-state index contributed by atoms with van der Waals surface area (Å²) in [7, 11) is 0. The first-order chi connectivity index (χ1) is 7.19. The number of nitrogens with one attached hydrogen (secondary N) is 1. The fourth-order valence-corrected chi connectivity index (χ4v) is 2.27. The summed E-state index contributed by atoms with van der Waals surface area (Å²) in [6.07, 6.45) is 2.96. The Morgan fingerprint density at radius 2 is 2.07 bits per heavy atom. The van der Waals surface area contributed by atoms with Crippen LogP contribution in [-0.4, -0.2) is 42.6 Å². The van der Waals surface area contributed by atoms with E-state index in [1.54, 1.807) is 0 Å². The number of carbonyl (C=O) groups is 1. The first-order valence-electron chi connectivity index (χ1n) is 5.25. The van der Waals surface area contributed by atoms with Crippen LogP contribution in [0.2, 0.25) is 0 Å². The molecule has 2 unspecified atom stereocenters. The van der Waals surface area contributed by atoms with Crippen LogP contribution in [0.1, 0.15) is 12.8 Å². The maximum Gasteiger partial charge on any atom is 0.261 e. The molecule has 0 aromatic heterocycles. The summed E-state index contributed by atoms with van der Waals surface area (Å²) in [5, 5.41) is 0. The zero-order valence-electron chi connectivity index (χ0n) is 8.74. The molecule has 2 rings (SSSR count). The lowest BCUT2D eigenvalue weighted by atomic mass is 10.2. The van der Waals surface area contributed by atoms with Crippen LogP contribution in [0.4, 0.5) is 0 Å². The molecule has 0 saturated carbocycles. The Balaban J connectivity index is 1.85. The zero-order valence-corrected chi connectivity index (χ0v) is 8.74. The standard InChI is InChI=1S/C10H17N3O2/c1-7(10(14)12-11)4-13-5-8-2-3-9(6-13)15-8/h8-9H,1-6,11H2,(H,12,14). The SMILES string of the molecule is C=C(CN1CC2CCC(C1)O2)C(=O)NN. The van der Waals surface area contributed by atoms with Gasteiger partial charge in [0.1, 0.15) is 0 Å². The number of ether oxygens (including phenoxy) is 1. The van der Waals surface area contributed by atoms with Gasteiger partial charge < -0.3 is 4.74 Å². The number of morpholine rings is 1. The predicted molar refractivity (Wildman–Crippen MR) is 55.8 cm³/mol. The van der Waals surface area contributed by atoms with Crippen molar-refractivity contribution < 1.29 is 9.53 Å². The second kappa shape index (κ2) is 4.30. The summed E-state index contributed by atoms with van der Waals surface area (Å²) in [6, 6.07) is 0. The van der Waals surface area contributed by atoms with Crippen LogP contribution in [0.5, 0.6) is 0 Å². The molecule has 0 aromatic rings. The number of nitrogens with two attached hydrogens (primary N) is 1. The summed E-state index contributed by atoms with van der Waals surface area (Å²) in [5.41, 5.74) is 2.61. The van der Waals surface area contributed by atoms with Gasteiger partial charge in [-0.25, -0.2) is 5.84 Å². The smallest absolute Gasteiger partial charge is 0.261 e. The Morgan fingerprint density at radius 1 is 1.47 bits per heavy atom. The van der Waals surface area contributed by atoms with Crippen LogP contribution >= 0.6 is 0 Å². The number of hydrazine groups is 1. The molecule has 2 saturated heterocycles. The maximum atomic E-state index is 11.2. The Hall–Kier alpha value is -0.910. The predicted octanol–water partition coefficient (Wildman–Crippen LogP) is -0.604. The van der Waals surface area contributed by atoms with Gasteiger partial charge in [0.2, 0.25) is 0 Å². The molecule has 5 nitrogen and oxygen atoms in total. The fraction of sp³-hybridized carbons (Fsp3) is 0.700. The third-order valence-corrected chi connectivity index (χ3v) is 2.99. The lowest BCUT2D eigenvalue weighted by Crippen LogP contribution is -2.45. The van der Waals surface area contributed by atoms with E-state index in [-0.39, 0.29) is 5.91 Å². The minimum Gasteiger partial charge on any atom is -0.372 e. The number of hydrogen-bond acceptors (Lipinski definition) is 4. The van der Waals surface area contributed by atoms with Gasteiger partial charge in [-0.05, 0) is 12.8 Å². The number of nitrogens with zero attached hydrogens (tertiary/aromatic N) is 1. The quantitative estimate of drug-likeness (QED) is 0.283. The monoisotopic (exact) mass is 211 g/mol. The number of carbonyl (C=O) groups excluding carboxylic acids is 1. The molecular weight excluding hydrogens is 194 g/mol. The normalized spacial score (nSPS) is 30.2. The lowest BCUT2D eigenvalue weighted by Gasteiger charge is -2.32. The number of likely N-dealkylation sites (tertiary alicyclic amines) is 1. The molecule has 2 aliphatic heterocycles. The third-order valence-electron chi connectivity index (χ3n) is 2.99. The molecule has 0 spiro atoms. The third kappa shape index (κ3) is 2.37. The van der Waals surface area contributed by atoms with Gasteiger partial charge in [-0.1, -0.05) is 6.58 Å². The van der Waals surface area contributed by atoms with Crippen molar-refractivity contribution in [1.29, 1.82) is 0 Å². The van der Waals surface area contributed by atoms with Crippen LogP contribution in [0.25, 0.3) is 0 Å². The van der Waals surface area contributed by atoms with Crippen molar-refractivity contribution in [2.75, 3.05) is 19.6 Å². The van der Waals surface area contributed by atoms with Gasteiger partial charge in [-0.2, -0.15) is 0 Å². The molecule has 0 aromatic carbocycles. The highest BCUT2D eigenvalue weighted by Gasteiger charge is 2.33. The lowest BCUT2D eigenvalue weighted by molar-refractivity contribution is -0.118. The van der Waals surface area contributed by atoms with Crippen LogP contribution in [0.3, 0.4) is 0 Å². The molecule has 2 bridgehead atoms. The molecule has 84 valence electrons. The molecule has 2 fully saturated rings. The molecule has 2 aliphatic rings.